The van der Waals surface area contributed by atoms with Gasteiger partial charge in [0.1, 0.15) is 5.75 Å². The molecular formula is C16H16ClN3O3S. The van der Waals surface area contributed by atoms with Gasteiger partial charge in [0.05, 0.1) is 23.7 Å². The van der Waals surface area contributed by atoms with Crippen LogP contribution in [0.2, 0.25) is 5.02 Å². The average Bonchev–Trinajstić information content (AvgIpc) is 3.13. The van der Waals surface area contributed by atoms with Crippen molar-refractivity contribution in [3.05, 3.63) is 34.3 Å². The summed E-state index contributed by atoms with van der Waals surface area (Å²) in [7, 11) is 1.53. The SMILES string of the molecule is COc1ccc(N2C[C@H](C(=O)Nc3nc(C)cs3)CC2=O)cc1Cl. The first kappa shape index (κ1) is 16.7. The number of thiazole rings is 1. The number of halogens is 1. The van der Waals surface area contributed by atoms with Gasteiger partial charge in [-0.25, -0.2) is 4.98 Å². The molecule has 0 saturated carbocycles. The Bertz CT molecular complexity index is 793. The lowest BCUT2D eigenvalue weighted by atomic mass is 10.1. The zero-order chi connectivity index (χ0) is 17.3. The van der Waals surface area contributed by atoms with Crippen molar-refractivity contribution in [2.45, 2.75) is 13.3 Å². The quantitative estimate of drug-likeness (QED) is 0.903. The van der Waals surface area contributed by atoms with Crippen molar-refractivity contribution in [3.8, 4) is 5.75 Å². The summed E-state index contributed by atoms with van der Waals surface area (Å²) < 4.78 is 5.11. The van der Waals surface area contributed by atoms with Gasteiger partial charge in [-0.05, 0) is 25.1 Å². The Morgan fingerprint density at radius 1 is 1.50 bits per heavy atom. The number of methoxy groups -OCH3 is 1. The lowest BCUT2D eigenvalue weighted by Gasteiger charge is -2.17. The van der Waals surface area contributed by atoms with Gasteiger partial charge in [-0.2, -0.15) is 0 Å². The molecule has 24 heavy (non-hydrogen) atoms. The van der Waals surface area contributed by atoms with Crippen LogP contribution in [0, 0.1) is 12.8 Å². The Morgan fingerprint density at radius 2 is 2.29 bits per heavy atom. The molecule has 3 rings (SSSR count). The maximum Gasteiger partial charge on any atom is 0.231 e. The van der Waals surface area contributed by atoms with Gasteiger partial charge < -0.3 is 15.0 Å². The standard InChI is InChI=1S/C16H16ClN3O3S/c1-9-8-24-16(18-9)19-15(22)10-5-14(21)20(7-10)11-3-4-13(23-2)12(17)6-11/h3-4,6,8,10H,5,7H2,1-2H3,(H,18,19,22)/t10-/m1/s1. The molecule has 0 bridgehead atoms. The molecule has 2 amide bonds. The molecule has 0 radical (unpaired) electrons. The molecule has 1 aromatic heterocycles. The highest BCUT2D eigenvalue weighted by atomic mass is 35.5. The average molecular weight is 366 g/mol. The monoisotopic (exact) mass is 365 g/mol. The highest BCUT2D eigenvalue weighted by Gasteiger charge is 2.35. The van der Waals surface area contributed by atoms with Crippen molar-refractivity contribution < 1.29 is 14.3 Å². The van der Waals surface area contributed by atoms with E-state index in [9.17, 15) is 9.59 Å². The molecule has 1 atom stereocenters. The summed E-state index contributed by atoms with van der Waals surface area (Å²) in [6.07, 6.45) is 0.167. The van der Waals surface area contributed by atoms with E-state index >= 15 is 0 Å². The first-order chi connectivity index (χ1) is 11.5. The van der Waals surface area contributed by atoms with E-state index < -0.39 is 5.92 Å². The van der Waals surface area contributed by atoms with E-state index in [1.807, 2.05) is 12.3 Å². The topological polar surface area (TPSA) is 71.5 Å². The Balaban J connectivity index is 1.71. The molecule has 2 heterocycles. The van der Waals surface area contributed by atoms with E-state index in [2.05, 4.69) is 10.3 Å². The van der Waals surface area contributed by atoms with Gasteiger partial charge in [-0.3, -0.25) is 9.59 Å². The van der Waals surface area contributed by atoms with Crippen molar-refractivity contribution in [3.63, 3.8) is 0 Å². The molecule has 8 heteroatoms. The van der Waals surface area contributed by atoms with Crippen LogP contribution in [0.25, 0.3) is 0 Å². The van der Waals surface area contributed by atoms with Crippen LogP contribution in [0.5, 0.6) is 5.75 Å². The summed E-state index contributed by atoms with van der Waals surface area (Å²) in [6.45, 7) is 2.18. The first-order valence-electron chi connectivity index (χ1n) is 7.35. The van der Waals surface area contributed by atoms with Crippen LogP contribution >= 0.6 is 22.9 Å². The maximum atomic E-state index is 12.3. The van der Waals surface area contributed by atoms with Crippen molar-refractivity contribution in [1.29, 1.82) is 0 Å². The number of aryl methyl sites for hydroxylation is 1. The second-order valence-corrected chi connectivity index (χ2v) is 6.77. The van der Waals surface area contributed by atoms with E-state index in [0.717, 1.165) is 5.69 Å². The number of aromatic nitrogens is 1. The highest BCUT2D eigenvalue weighted by molar-refractivity contribution is 7.13. The zero-order valence-electron chi connectivity index (χ0n) is 13.2. The molecule has 1 saturated heterocycles. The minimum atomic E-state index is -0.414. The lowest BCUT2D eigenvalue weighted by Crippen LogP contribution is -2.28. The highest BCUT2D eigenvalue weighted by Crippen LogP contribution is 2.32. The molecule has 1 aromatic carbocycles. The summed E-state index contributed by atoms with van der Waals surface area (Å²) in [5.74, 6) is -0.172. The number of nitrogens with zero attached hydrogens (tertiary/aromatic N) is 2. The van der Waals surface area contributed by atoms with Gasteiger partial charge in [0, 0.05) is 24.0 Å². The van der Waals surface area contributed by atoms with Crippen molar-refractivity contribution in [2.24, 2.45) is 5.92 Å². The largest absolute Gasteiger partial charge is 0.495 e. The predicted octanol–water partition coefficient (Wildman–Crippen LogP) is 3.11. The molecule has 1 fully saturated rings. The van der Waals surface area contributed by atoms with Gasteiger partial charge >= 0.3 is 0 Å². The minimum Gasteiger partial charge on any atom is -0.495 e. The summed E-state index contributed by atoms with van der Waals surface area (Å²) in [5, 5.41) is 5.61. The Labute approximate surface area is 148 Å². The van der Waals surface area contributed by atoms with Crippen LogP contribution in [0.4, 0.5) is 10.8 Å². The van der Waals surface area contributed by atoms with E-state index in [1.54, 1.807) is 23.1 Å². The Kier molecular flexibility index (Phi) is 4.73. The van der Waals surface area contributed by atoms with Crippen LogP contribution in [-0.2, 0) is 9.59 Å². The van der Waals surface area contributed by atoms with Crippen molar-refractivity contribution in [1.82, 2.24) is 4.98 Å². The maximum absolute atomic E-state index is 12.3. The second-order valence-electron chi connectivity index (χ2n) is 5.51. The number of nitrogens with one attached hydrogen (secondary N) is 1. The fraction of sp³-hybridized carbons (Fsp3) is 0.312. The molecular weight excluding hydrogens is 350 g/mol. The Hall–Kier alpha value is -2.12. The summed E-state index contributed by atoms with van der Waals surface area (Å²) in [4.78, 5) is 30.4. The van der Waals surface area contributed by atoms with Crippen LogP contribution in [0.1, 0.15) is 12.1 Å². The van der Waals surface area contributed by atoms with E-state index in [-0.39, 0.29) is 18.2 Å². The van der Waals surface area contributed by atoms with Gasteiger partial charge in [-0.15, -0.1) is 11.3 Å². The second kappa shape index (κ2) is 6.78. The van der Waals surface area contributed by atoms with Crippen molar-refractivity contribution in [2.75, 3.05) is 23.9 Å². The molecule has 1 aliphatic heterocycles. The number of hydrogen-bond acceptors (Lipinski definition) is 5. The molecule has 2 aromatic rings. The third-order valence-corrected chi connectivity index (χ3v) is 4.96. The van der Waals surface area contributed by atoms with E-state index in [1.165, 1.54) is 18.4 Å². The fourth-order valence-corrected chi connectivity index (χ4v) is 3.52. The molecule has 0 unspecified atom stereocenters. The lowest BCUT2D eigenvalue weighted by molar-refractivity contribution is -0.122. The normalized spacial score (nSPS) is 17.2. The van der Waals surface area contributed by atoms with E-state index in [0.29, 0.717) is 28.1 Å². The number of carbonyl (C=O) groups excluding carboxylic acids is 2. The molecule has 1 aliphatic rings. The van der Waals surface area contributed by atoms with Gasteiger partial charge in [-0.1, -0.05) is 11.6 Å². The number of rotatable bonds is 4. The van der Waals surface area contributed by atoms with E-state index in [4.69, 9.17) is 16.3 Å². The van der Waals surface area contributed by atoms with Crippen LogP contribution in [0.3, 0.4) is 0 Å². The first-order valence-corrected chi connectivity index (χ1v) is 8.60. The van der Waals surface area contributed by atoms with Crippen LogP contribution in [-0.4, -0.2) is 30.5 Å². The molecule has 0 aliphatic carbocycles. The summed E-state index contributed by atoms with van der Waals surface area (Å²) in [6, 6.07) is 5.13. The fourth-order valence-electron chi connectivity index (χ4n) is 2.57. The van der Waals surface area contributed by atoms with Crippen molar-refractivity contribution >= 4 is 45.6 Å². The molecule has 1 N–H and O–H groups in total. The number of amides is 2. The Morgan fingerprint density at radius 3 is 2.92 bits per heavy atom. The predicted molar refractivity (Wildman–Crippen MR) is 93.9 cm³/mol. The van der Waals surface area contributed by atoms with Gasteiger partial charge in [0.25, 0.3) is 0 Å². The minimum absolute atomic E-state index is 0.105. The summed E-state index contributed by atoms with van der Waals surface area (Å²) in [5.41, 5.74) is 1.51. The van der Waals surface area contributed by atoms with Crippen LogP contribution < -0.4 is 15.0 Å². The number of anilines is 2. The molecule has 6 nitrogen and oxygen atoms in total. The third-order valence-electron chi connectivity index (χ3n) is 3.79. The van der Waals surface area contributed by atoms with Gasteiger partial charge in [0.2, 0.25) is 11.8 Å². The van der Waals surface area contributed by atoms with Gasteiger partial charge in [0.15, 0.2) is 5.13 Å². The summed E-state index contributed by atoms with van der Waals surface area (Å²) >= 11 is 7.48. The molecule has 0 spiro atoms. The molecule has 126 valence electrons. The number of carbonyl (C=O) groups is 2. The third kappa shape index (κ3) is 3.37. The number of hydrogen-bond donors (Lipinski definition) is 1. The number of benzene rings is 1. The van der Waals surface area contributed by atoms with Crippen LogP contribution in [0.15, 0.2) is 23.6 Å². The smallest absolute Gasteiger partial charge is 0.231 e. The zero-order valence-corrected chi connectivity index (χ0v) is 14.8. The number of ether oxygens (including phenoxy) is 1.